The van der Waals surface area contributed by atoms with Crippen LogP contribution in [-0.2, 0) is 4.79 Å². The monoisotopic (exact) mass is 344 g/mol. The smallest absolute Gasteiger partial charge is 0.217 e. The molecule has 5 heteroatoms. The Bertz CT molecular complexity index is 614. The van der Waals surface area contributed by atoms with Crippen molar-refractivity contribution in [2.75, 3.05) is 26.7 Å². The highest BCUT2D eigenvalue weighted by Gasteiger charge is 2.41. The van der Waals surface area contributed by atoms with Gasteiger partial charge in [-0.25, -0.2) is 0 Å². The van der Waals surface area contributed by atoms with Gasteiger partial charge in [0.25, 0.3) is 0 Å². The molecule has 1 aromatic carbocycles. The fourth-order valence-electron chi connectivity index (χ4n) is 4.15. The third-order valence-corrected chi connectivity index (χ3v) is 5.40. The molecule has 2 fully saturated rings. The molecule has 1 heterocycles. The van der Waals surface area contributed by atoms with Gasteiger partial charge < -0.3 is 15.2 Å². The van der Waals surface area contributed by atoms with Crippen LogP contribution in [0.3, 0.4) is 0 Å². The normalized spacial score (nSPS) is 29.6. The highest BCUT2D eigenvalue weighted by Crippen LogP contribution is 2.36. The maximum Gasteiger partial charge on any atom is 0.217 e. The van der Waals surface area contributed by atoms with E-state index in [-0.39, 0.29) is 11.9 Å². The van der Waals surface area contributed by atoms with Crippen LogP contribution in [0.5, 0.6) is 5.75 Å². The molecule has 0 bridgehead atoms. The van der Waals surface area contributed by atoms with Gasteiger partial charge in [-0.15, -0.1) is 0 Å². The molecule has 1 aliphatic carbocycles. The van der Waals surface area contributed by atoms with Gasteiger partial charge in [0.2, 0.25) is 5.91 Å². The van der Waals surface area contributed by atoms with Crippen molar-refractivity contribution in [3.05, 3.63) is 35.9 Å². The number of hydrogen-bond donors (Lipinski definition) is 2. The molecule has 1 saturated carbocycles. The Morgan fingerprint density at radius 3 is 2.60 bits per heavy atom. The van der Waals surface area contributed by atoms with Crippen molar-refractivity contribution >= 4 is 12.0 Å². The van der Waals surface area contributed by atoms with E-state index in [4.69, 9.17) is 4.74 Å². The lowest BCUT2D eigenvalue weighted by Gasteiger charge is -2.35. The molecule has 0 spiro atoms. The second-order valence-electron chi connectivity index (χ2n) is 7.26. The second-order valence-corrected chi connectivity index (χ2v) is 7.26. The minimum atomic E-state index is -0.417. The third-order valence-electron chi connectivity index (χ3n) is 5.40. The van der Waals surface area contributed by atoms with E-state index in [2.05, 4.69) is 22.4 Å². The molecule has 136 valence electrons. The van der Waals surface area contributed by atoms with Crippen LogP contribution in [0, 0.1) is 11.8 Å². The average molecular weight is 344 g/mol. The van der Waals surface area contributed by atoms with Gasteiger partial charge in [0.05, 0.1) is 19.3 Å². The summed E-state index contributed by atoms with van der Waals surface area (Å²) in [5.41, 5.74) is 1.17. The molecule has 0 unspecified atom stereocenters. The summed E-state index contributed by atoms with van der Waals surface area (Å²) in [5, 5.41) is 13.2. The fraction of sp³-hybridized carbons (Fsp3) is 0.550. The average Bonchev–Trinajstić information content (AvgIpc) is 2.97. The Morgan fingerprint density at radius 1 is 1.28 bits per heavy atom. The molecule has 0 aromatic heterocycles. The zero-order valence-corrected chi connectivity index (χ0v) is 15.0. The molecule has 1 amide bonds. The van der Waals surface area contributed by atoms with Gasteiger partial charge >= 0.3 is 0 Å². The Morgan fingerprint density at radius 2 is 1.96 bits per heavy atom. The van der Waals surface area contributed by atoms with E-state index >= 15 is 0 Å². The van der Waals surface area contributed by atoms with Crippen LogP contribution in [0.4, 0.5) is 0 Å². The van der Waals surface area contributed by atoms with E-state index in [0.29, 0.717) is 11.8 Å². The Kier molecular flexibility index (Phi) is 5.76. The van der Waals surface area contributed by atoms with Crippen molar-refractivity contribution in [1.82, 2.24) is 10.2 Å². The molecule has 3 rings (SSSR count). The Balaban J connectivity index is 1.50. The van der Waals surface area contributed by atoms with Gasteiger partial charge in [-0.3, -0.25) is 9.69 Å². The summed E-state index contributed by atoms with van der Waals surface area (Å²) < 4.78 is 5.17. The van der Waals surface area contributed by atoms with Crippen molar-refractivity contribution in [2.45, 2.75) is 31.9 Å². The lowest BCUT2D eigenvalue weighted by molar-refractivity contribution is -0.121. The van der Waals surface area contributed by atoms with Gasteiger partial charge in [-0.1, -0.05) is 24.3 Å². The zero-order chi connectivity index (χ0) is 17.8. The molecule has 1 aliphatic heterocycles. The predicted molar refractivity (Wildman–Crippen MR) is 98.3 cm³/mol. The van der Waals surface area contributed by atoms with Crippen LogP contribution < -0.4 is 10.1 Å². The summed E-state index contributed by atoms with van der Waals surface area (Å²) in [6, 6.07) is 7.94. The van der Waals surface area contributed by atoms with Gasteiger partial charge in [0.1, 0.15) is 5.75 Å². The molecule has 25 heavy (non-hydrogen) atoms. The molecule has 2 aliphatic rings. The van der Waals surface area contributed by atoms with Crippen molar-refractivity contribution in [3.63, 3.8) is 0 Å². The number of carbonyl (C=O) groups is 1. The predicted octanol–water partition coefficient (Wildman–Crippen LogP) is 1.92. The summed E-state index contributed by atoms with van der Waals surface area (Å²) in [4.78, 5) is 13.7. The number of rotatable bonds is 5. The Hall–Kier alpha value is -1.85. The van der Waals surface area contributed by atoms with E-state index in [1.165, 1.54) is 12.5 Å². The number of aliphatic hydroxyl groups excluding tert-OH is 1. The molecular weight excluding hydrogens is 316 g/mol. The summed E-state index contributed by atoms with van der Waals surface area (Å²) >= 11 is 0. The number of carbonyl (C=O) groups excluding carboxylic acids is 1. The largest absolute Gasteiger partial charge is 0.497 e. The van der Waals surface area contributed by atoms with Gasteiger partial charge in [0, 0.05) is 26.6 Å². The number of ether oxygens (including phenoxy) is 1. The van der Waals surface area contributed by atoms with Crippen LogP contribution in [0.2, 0.25) is 0 Å². The number of benzene rings is 1. The first-order valence-electron chi connectivity index (χ1n) is 9.03. The van der Waals surface area contributed by atoms with E-state index in [1.807, 2.05) is 24.3 Å². The number of nitrogens with one attached hydrogen (secondary N) is 1. The number of amides is 1. The summed E-state index contributed by atoms with van der Waals surface area (Å²) in [6.45, 7) is 4.51. The first-order chi connectivity index (χ1) is 12.0. The lowest BCUT2D eigenvalue weighted by atomic mass is 9.77. The van der Waals surface area contributed by atoms with E-state index in [9.17, 15) is 9.90 Å². The minimum absolute atomic E-state index is 0.0558. The van der Waals surface area contributed by atoms with Crippen LogP contribution in [-0.4, -0.2) is 54.8 Å². The fourth-order valence-corrected chi connectivity index (χ4v) is 4.15. The Labute approximate surface area is 149 Å². The number of likely N-dealkylation sites (tertiary alicyclic amines) is 1. The van der Waals surface area contributed by atoms with Crippen molar-refractivity contribution in [2.24, 2.45) is 11.8 Å². The standard InChI is InChI=1S/C20H28N2O3/c1-14(23)21-19-10-16-12-22(13-17(16)11-20(19)24)9-3-4-15-5-7-18(25-2)8-6-15/h3-8,16-17,19-20,24H,9-13H2,1-2H3,(H,21,23)/b4-3+/t16-,17+,19-,20-/m1/s1. The molecule has 4 atom stereocenters. The molecule has 1 saturated heterocycles. The van der Waals surface area contributed by atoms with E-state index in [0.717, 1.165) is 38.2 Å². The van der Waals surface area contributed by atoms with Crippen molar-refractivity contribution in [1.29, 1.82) is 0 Å². The van der Waals surface area contributed by atoms with Crippen LogP contribution in [0.1, 0.15) is 25.3 Å². The van der Waals surface area contributed by atoms with Crippen LogP contribution >= 0.6 is 0 Å². The highest BCUT2D eigenvalue weighted by molar-refractivity contribution is 5.73. The molecule has 2 N–H and O–H groups in total. The topological polar surface area (TPSA) is 61.8 Å². The van der Waals surface area contributed by atoms with Crippen molar-refractivity contribution < 1.29 is 14.6 Å². The first-order valence-corrected chi connectivity index (χ1v) is 9.03. The summed E-state index contributed by atoms with van der Waals surface area (Å²) in [5.74, 6) is 1.91. The molecular formula is C20H28N2O3. The van der Waals surface area contributed by atoms with Gasteiger partial charge in [-0.05, 0) is 42.4 Å². The maximum atomic E-state index is 11.3. The van der Waals surface area contributed by atoms with Crippen molar-refractivity contribution in [3.8, 4) is 5.75 Å². The van der Waals surface area contributed by atoms with Gasteiger partial charge in [-0.2, -0.15) is 0 Å². The number of hydrogen-bond acceptors (Lipinski definition) is 4. The number of nitrogens with zero attached hydrogens (tertiary/aromatic N) is 1. The number of fused-ring (bicyclic) bond motifs is 1. The first kappa shape index (κ1) is 18.0. The molecule has 0 radical (unpaired) electrons. The third kappa shape index (κ3) is 4.61. The van der Waals surface area contributed by atoms with E-state index in [1.54, 1.807) is 7.11 Å². The lowest BCUT2D eigenvalue weighted by Crippen LogP contribution is -2.48. The number of aliphatic hydroxyl groups is 1. The summed E-state index contributed by atoms with van der Waals surface area (Å²) in [6.07, 6.45) is 5.58. The maximum absolute atomic E-state index is 11.3. The van der Waals surface area contributed by atoms with Crippen LogP contribution in [0.15, 0.2) is 30.3 Å². The molecule has 5 nitrogen and oxygen atoms in total. The highest BCUT2D eigenvalue weighted by atomic mass is 16.5. The van der Waals surface area contributed by atoms with Crippen LogP contribution in [0.25, 0.3) is 6.08 Å². The quantitative estimate of drug-likeness (QED) is 0.857. The zero-order valence-electron chi connectivity index (χ0n) is 15.0. The minimum Gasteiger partial charge on any atom is -0.497 e. The second kappa shape index (κ2) is 8.02. The number of methoxy groups -OCH3 is 1. The van der Waals surface area contributed by atoms with Gasteiger partial charge in [0.15, 0.2) is 0 Å². The SMILES string of the molecule is COc1ccc(/C=C/CN2C[C@H]3C[C@@H](NC(C)=O)[C@H](O)C[C@H]3C2)cc1. The molecule has 1 aromatic rings. The summed E-state index contributed by atoms with van der Waals surface area (Å²) in [7, 11) is 1.67. The van der Waals surface area contributed by atoms with E-state index < -0.39 is 6.10 Å².